The Labute approximate surface area is 185 Å². The van der Waals surface area contributed by atoms with Crippen molar-refractivity contribution in [1.82, 2.24) is 30.7 Å². The Bertz CT molecular complexity index is 854. The lowest BCUT2D eigenvalue weighted by molar-refractivity contribution is -0.121. The van der Waals surface area contributed by atoms with Crippen molar-refractivity contribution >= 4 is 17.6 Å². The number of benzene rings is 1. The third-order valence-electron chi connectivity index (χ3n) is 4.65. The first-order valence-corrected chi connectivity index (χ1v) is 10.6. The van der Waals surface area contributed by atoms with E-state index in [-0.39, 0.29) is 18.0 Å². The number of rotatable bonds is 9. The minimum absolute atomic E-state index is 0.0830. The smallest absolute Gasteiger partial charge is 0.239 e. The van der Waals surface area contributed by atoms with E-state index < -0.39 is 0 Å². The number of para-hydroxylation sites is 1. The summed E-state index contributed by atoms with van der Waals surface area (Å²) in [4.78, 5) is 19.0. The van der Waals surface area contributed by atoms with Gasteiger partial charge in [-0.25, -0.2) is 4.99 Å². The summed E-state index contributed by atoms with van der Waals surface area (Å²) in [6, 6.07) is 10.3. The van der Waals surface area contributed by atoms with E-state index in [1.54, 1.807) is 0 Å². The number of aliphatic imine (C=N–C) groups is 1. The molecule has 0 saturated heterocycles. The highest BCUT2D eigenvalue weighted by atomic mass is 16.2. The molecule has 0 aliphatic rings. The largest absolute Gasteiger partial charge is 0.375 e. The molecule has 3 N–H and O–H groups in total. The summed E-state index contributed by atoms with van der Waals surface area (Å²) in [6.45, 7) is 9.91. The second-order valence-corrected chi connectivity index (χ2v) is 8.58. The van der Waals surface area contributed by atoms with E-state index in [9.17, 15) is 4.79 Å². The Morgan fingerprint density at radius 2 is 1.87 bits per heavy atom. The van der Waals surface area contributed by atoms with Crippen LogP contribution in [-0.2, 0) is 18.4 Å². The van der Waals surface area contributed by atoms with Crippen molar-refractivity contribution in [2.24, 2.45) is 12.0 Å². The molecule has 1 aromatic heterocycles. The van der Waals surface area contributed by atoms with E-state index >= 15 is 0 Å². The molecule has 1 amide bonds. The lowest BCUT2D eigenvalue weighted by Crippen LogP contribution is -2.48. The molecular weight excluding hydrogens is 392 g/mol. The van der Waals surface area contributed by atoms with Crippen LogP contribution < -0.4 is 20.9 Å². The molecule has 1 aromatic carbocycles. The quantitative estimate of drug-likeness (QED) is 0.319. The SMILES string of the molecule is Cc1nnc(CN=C(NCCCN(C)c2ccccc2)NCC(=O)NC(C)(C)C)n1C. The van der Waals surface area contributed by atoms with Crippen LogP contribution in [0.1, 0.15) is 38.8 Å². The van der Waals surface area contributed by atoms with Crippen LogP contribution in [0.15, 0.2) is 35.3 Å². The van der Waals surface area contributed by atoms with Gasteiger partial charge in [0.2, 0.25) is 5.91 Å². The predicted molar refractivity (Wildman–Crippen MR) is 125 cm³/mol. The summed E-state index contributed by atoms with van der Waals surface area (Å²) >= 11 is 0. The van der Waals surface area contributed by atoms with Gasteiger partial charge in [-0.1, -0.05) is 18.2 Å². The van der Waals surface area contributed by atoms with Crippen molar-refractivity contribution in [3.8, 4) is 0 Å². The number of carbonyl (C=O) groups is 1. The van der Waals surface area contributed by atoms with Gasteiger partial charge < -0.3 is 25.4 Å². The van der Waals surface area contributed by atoms with Gasteiger partial charge in [-0.15, -0.1) is 10.2 Å². The van der Waals surface area contributed by atoms with Gasteiger partial charge in [0.1, 0.15) is 12.4 Å². The van der Waals surface area contributed by atoms with Crippen LogP contribution in [0.2, 0.25) is 0 Å². The fraction of sp³-hybridized carbons (Fsp3) is 0.545. The maximum Gasteiger partial charge on any atom is 0.239 e. The van der Waals surface area contributed by atoms with E-state index in [1.165, 1.54) is 5.69 Å². The number of amides is 1. The van der Waals surface area contributed by atoms with E-state index in [0.717, 1.165) is 31.2 Å². The number of aryl methyl sites for hydroxylation is 1. The Morgan fingerprint density at radius 3 is 2.48 bits per heavy atom. The van der Waals surface area contributed by atoms with Crippen molar-refractivity contribution in [2.45, 2.75) is 46.2 Å². The molecule has 2 rings (SSSR count). The molecule has 0 bridgehead atoms. The first kappa shape index (κ1) is 24.2. The van der Waals surface area contributed by atoms with E-state index in [2.05, 4.69) is 55.2 Å². The molecule has 0 aliphatic heterocycles. The van der Waals surface area contributed by atoms with Gasteiger partial charge >= 0.3 is 0 Å². The van der Waals surface area contributed by atoms with Crippen molar-refractivity contribution in [2.75, 3.05) is 31.6 Å². The first-order chi connectivity index (χ1) is 14.7. The average molecular weight is 429 g/mol. The number of nitrogens with one attached hydrogen (secondary N) is 3. The predicted octanol–water partition coefficient (Wildman–Crippen LogP) is 1.60. The molecule has 170 valence electrons. The van der Waals surface area contributed by atoms with E-state index in [0.29, 0.717) is 12.5 Å². The topological polar surface area (TPSA) is 99.5 Å². The van der Waals surface area contributed by atoms with Crippen LogP contribution >= 0.6 is 0 Å². The highest BCUT2D eigenvalue weighted by Gasteiger charge is 2.14. The fourth-order valence-corrected chi connectivity index (χ4v) is 2.87. The fourth-order valence-electron chi connectivity index (χ4n) is 2.87. The number of hydrogen-bond acceptors (Lipinski definition) is 5. The molecule has 31 heavy (non-hydrogen) atoms. The van der Waals surface area contributed by atoms with Crippen LogP contribution in [-0.4, -0.2) is 58.9 Å². The lowest BCUT2D eigenvalue weighted by Gasteiger charge is -2.21. The standard InChI is InChI=1S/C22H36N8O/c1-17-27-28-19(30(17)6)15-24-21(25-16-20(31)26-22(2,3)4)23-13-10-14-29(5)18-11-8-7-9-12-18/h7-9,11-12H,10,13-16H2,1-6H3,(H,26,31)(H2,23,24,25). The Morgan fingerprint density at radius 1 is 1.16 bits per heavy atom. The maximum atomic E-state index is 12.2. The van der Waals surface area contributed by atoms with Gasteiger partial charge in [-0.2, -0.15) is 0 Å². The second kappa shape index (κ2) is 11.3. The van der Waals surface area contributed by atoms with Gasteiger partial charge in [-0.3, -0.25) is 4.79 Å². The molecule has 1 heterocycles. The van der Waals surface area contributed by atoms with Gasteiger partial charge in [-0.05, 0) is 46.2 Å². The molecule has 2 aromatic rings. The van der Waals surface area contributed by atoms with Crippen LogP contribution in [0.5, 0.6) is 0 Å². The molecule has 9 heteroatoms. The Balaban J connectivity index is 1.90. The van der Waals surface area contributed by atoms with E-state index in [4.69, 9.17) is 0 Å². The summed E-state index contributed by atoms with van der Waals surface area (Å²) < 4.78 is 1.91. The van der Waals surface area contributed by atoms with Crippen LogP contribution in [0.4, 0.5) is 5.69 Å². The number of anilines is 1. The number of nitrogens with zero attached hydrogens (tertiary/aromatic N) is 5. The molecule has 9 nitrogen and oxygen atoms in total. The number of hydrogen-bond donors (Lipinski definition) is 3. The highest BCUT2D eigenvalue weighted by molar-refractivity contribution is 5.86. The maximum absolute atomic E-state index is 12.2. The molecule has 0 radical (unpaired) electrons. The Hall–Kier alpha value is -3.10. The van der Waals surface area contributed by atoms with Crippen LogP contribution in [0.25, 0.3) is 0 Å². The summed E-state index contributed by atoms with van der Waals surface area (Å²) in [5.41, 5.74) is 0.910. The molecular formula is C22H36N8O. The minimum Gasteiger partial charge on any atom is -0.375 e. The summed E-state index contributed by atoms with van der Waals surface area (Å²) in [5, 5.41) is 17.6. The third kappa shape index (κ3) is 8.65. The average Bonchev–Trinajstić information content (AvgIpc) is 3.03. The summed E-state index contributed by atoms with van der Waals surface area (Å²) in [5.74, 6) is 2.09. The highest BCUT2D eigenvalue weighted by Crippen LogP contribution is 2.10. The van der Waals surface area contributed by atoms with Gasteiger partial charge in [0.25, 0.3) is 0 Å². The number of aromatic nitrogens is 3. The second-order valence-electron chi connectivity index (χ2n) is 8.58. The lowest BCUT2D eigenvalue weighted by atomic mass is 10.1. The molecule has 0 saturated carbocycles. The zero-order valence-electron chi connectivity index (χ0n) is 19.6. The molecule has 0 spiro atoms. The summed E-state index contributed by atoms with van der Waals surface area (Å²) in [7, 11) is 3.99. The molecule has 0 unspecified atom stereocenters. The summed E-state index contributed by atoms with van der Waals surface area (Å²) in [6.07, 6.45) is 0.920. The zero-order chi connectivity index (χ0) is 22.9. The van der Waals surface area contributed by atoms with Crippen LogP contribution in [0, 0.1) is 6.92 Å². The van der Waals surface area contributed by atoms with Crippen molar-refractivity contribution < 1.29 is 4.79 Å². The minimum atomic E-state index is -0.276. The number of carbonyl (C=O) groups excluding carboxylic acids is 1. The molecule has 0 fully saturated rings. The Kier molecular flexibility index (Phi) is 8.84. The third-order valence-corrected chi connectivity index (χ3v) is 4.65. The zero-order valence-corrected chi connectivity index (χ0v) is 19.6. The van der Waals surface area contributed by atoms with Gasteiger partial charge in [0.15, 0.2) is 11.8 Å². The normalized spacial score (nSPS) is 11.9. The van der Waals surface area contributed by atoms with Gasteiger partial charge in [0, 0.05) is 38.4 Å². The monoisotopic (exact) mass is 428 g/mol. The van der Waals surface area contributed by atoms with Crippen LogP contribution in [0.3, 0.4) is 0 Å². The first-order valence-electron chi connectivity index (χ1n) is 10.6. The molecule has 0 aliphatic carbocycles. The van der Waals surface area contributed by atoms with Crippen molar-refractivity contribution in [3.05, 3.63) is 42.0 Å². The van der Waals surface area contributed by atoms with Crippen molar-refractivity contribution in [3.63, 3.8) is 0 Å². The number of guanidine groups is 1. The van der Waals surface area contributed by atoms with E-state index in [1.807, 2.05) is 57.5 Å². The molecule has 0 atom stereocenters. The van der Waals surface area contributed by atoms with Gasteiger partial charge in [0.05, 0.1) is 6.54 Å². The van der Waals surface area contributed by atoms with Crippen molar-refractivity contribution in [1.29, 1.82) is 0 Å².